The first-order chi connectivity index (χ1) is 9.22. The first-order valence-electron chi connectivity index (χ1n) is 6.86. The van der Waals surface area contributed by atoms with Crippen molar-refractivity contribution >= 4 is 17.1 Å². The molecule has 0 unspecified atom stereocenters. The summed E-state index contributed by atoms with van der Waals surface area (Å²) in [7, 11) is 0. The van der Waals surface area contributed by atoms with Gasteiger partial charge in [-0.3, -0.25) is 0 Å². The molecule has 1 aromatic carbocycles. The van der Waals surface area contributed by atoms with Crippen molar-refractivity contribution in [3.05, 3.63) is 54.1 Å². The smallest absolute Gasteiger partial charge is 0.200 e. The van der Waals surface area contributed by atoms with Gasteiger partial charge in [-0.25, -0.2) is 9.57 Å². The van der Waals surface area contributed by atoms with E-state index in [9.17, 15) is 0 Å². The minimum atomic E-state index is 1.000. The highest BCUT2D eigenvalue weighted by molar-refractivity contribution is 6.17. The van der Waals surface area contributed by atoms with Crippen molar-refractivity contribution in [3.8, 4) is 0 Å². The third-order valence-corrected chi connectivity index (χ3v) is 3.27. The zero-order chi connectivity index (χ0) is 13.7. The second-order valence-corrected chi connectivity index (χ2v) is 4.64. The molecule has 0 saturated carbocycles. The van der Waals surface area contributed by atoms with Crippen LogP contribution in [-0.2, 0) is 0 Å². The van der Waals surface area contributed by atoms with Crippen LogP contribution in [0.5, 0.6) is 0 Å². The van der Waals surface area contributed by atoms with Crippen molar-refractivity contribution in [2.24, 2.45) is 4.99 Å². The highest BCUT2D eigenvalue weighted by Crippen LogP contribution is 2.14. The molecule has 98 valence electrons. The maximum absolute atomic E-state index is 4.62. The minimum absolute atomic E-state index is 1.000. The third-order valence-electron chi connectivity index (χ3n) is 3.27. The van der Waals surface area contributed by atoms with E-state index in [2.05, 4.69) is 66.8 Å². The topological polar surface area (TPSA) is 15.4 Å². The summed E-state index contributed by atoms with van der Waals surface area (Å²) in [5.41, 5.74) is 4.52. The lowest BCUT2D eigenvalue weighted by Crippen LogP contribution is -2.19. The third kappa shape index (κ3) is 3.50. The van der Waals surface area contributed by atoms with Crippen molar-refractivity contribution in [2.45, 2.75) is 20.8 Å². The second kappa shape index (κ2) is 6.28. The average Bonchev–Trinajstić information content (AvgIpc) is 2.44. The molecule has 2 nitrogen and oxygen atoms in total. The normalized spacial score (nSPS) is 13.8. The fraction of sp³-hybridized carbons (Fsp3) is 0.294. The van der Waals surface area contributed by atoms with Crippen LogP contribution >= 0.6 is 0 Å². The summed E-state index contributed by atoms with van der Waals surface area (Å²) in [5, 5.41) is 0. The van der Waals surface area contributed by atoms with E-state index in [0.29, 0.717) is 0 Å². The van der Waals surface area contributed by atoms with Gasteiger partial charge in [0.25, 0.3) is 0 Å². The molecule has 1 aliphatic rings. The molecule has 0 saturated heterocycles. The van der Waals surface area contributed by atoms with E-state index < -0.39 is 0 Å². The molecule has 1 aromatic rings. The van der Waals surface area contributed by atoms with Crippen LogP contribution in [0.15, 0.2) is 53.6 Å². The van der Waals surface area contributed by atoms with Gasteiger partial charge in [-0.05, 0) is 45.1 Å². The van der Waals surface area contributed by atoms with Gasteiger partial charge in [-0.15, -0.1) is 0 Å². The molecule has 0 spiro atoms. The van der Waals surface area contributed by atoms with Gasteiger partial charge in [-0.2, -0.15) is 0 Å². The first kappa shape index (κ1) is 13.5. The van der Waals surface area contributed by atoms with E-state index >= 15 is 0 Å². The number of hydrogen-bond acceptors (Lipinski definition) is 1. The number of aliphatic imine (C=N–C) groups is 1. The molecular weight excluding hydrogens is 232 g/mol. The molecule has 0 amide bonds. The van der Waals surface area contributed by atoms with Crippen molar-refractivity contribution in [3.63, 3.8) is 0 Å². The fourth-order valence-electron chi connectivity index (χ4n) is 2.10. The predicted octanol–water partition coefficient (Wildman–Crippen LogP) is 3.69. The van der Waals surface area contributed by atoms with E-state index in [-0.39, 0.29) is 0 Å². The number of allylic oxidation sites excluding steroid dienone is 4. The highest BCUT2D eigenvalue weighted by atomic mass is 15.0. The predicted molar refractivity (Wildman–Crippen MR) is 82.9 cm³/mol. The molecule has 0 radical (unpaired) electrons. The first-order valence-corrected chi connectivity index (χ1v) is 6.86. The lowest BCUT2D eigenvalue weighted by atomic mass is 10.1. The van der Waals surface area contributed by atoms with Crippen LogP contribution in [0.25, 0.3) is 0 Å². The molecule has 0 fully saturated rings. The standard InChI is InChI=1S/C17H21N2/c1-4-19(5-2)17-12-10-16(11-13-17)18-15-8-6-14(3)7-9-15/h6-13H,4-5H2,1-3H3/q+1. The number of nitrogens with zero attached hydrogens (tertiary/aromatic N) is 2. The van der Waals surface area contributed by atoms with Crippen molar-refractivity contribution in [1.29, 1.82) is 0 Å². The molecule has 0 bridgehead atoms. The largest absolute Gasteiger partial charge is 0.249 e. The Morgan fingerprint density at radius 2 is 1.47 bits per heavy atom. The second-order valence-electron chi connectivity index (χ2n) is 4.64. The summed E-state index contributed by atoms with van der Waals surface area (Å²) in [5.74, 6) is 0. The molecule has 0 atom stereocenters. The van der Waals surface area contributed by atoms with Gasteiger partial charge in [-0.1, -0.05) is 17.7 Å². The Kier molecular flexibility index (Phi) is 4.45. The van der Waals surface area contributed by atoms with Crippen molar-refractivity contribution in [1.82, 2.24) is 0 Å². The van der Waals surface area contributed by atoms with Crippen LogP contribution in [0.1, 0.15) is 19.4 Å². The fourth-order valence-corrected chi connectivity index (χ4v) is 2.10. The average molecular weight is 253 g/mol. The summed E-state index contributed by atoms with van der Waals surface area (Å²) < 4.78 is 2.33. The van der Waals surface area contributed by atoms with Crippen LogP contribution in [-0.4, -0.2) is 29.1 Å². The summed E-state index contributed by atoms with van der Waals surface area (Å²) in [4.78, 5) is 4.62. The molecular formula is C17H21N2+. The zero-order valence-electron chi connectivity index (χ0n) is 11.9. The van der Waals surface area contributed by atoms with E-state index in [1.807, 2.05) is 12.1 Å². The number of benzene rings is 1. The lowest BCUT2D eigenvalue weighted by molar-refractivity contribution is -0.519. The highest BCUT2D eigenvalue weighted by Gasteiger charge is 2.08. The molecule has 0 aromatic heterocycles. The Morgan fingerprint density at radius 3 is 2.00 bits per heavy atom. The Morgan fingerprint density at radius 1 is 0.895 bits per heavy atom. The molecule has 2 heteroatoms. The Balaban J connectivity index is 2.19. The molecule has 0 N–H and O–H groups in total. The number of hydrogen-bond donors (Lipinski definition) is 0. The molecule has 0 aliphatic heterocycles. The van der Waals surface area contributed by atoms with Crippen LogP contribution < -0.4 is 0 Å². The van der Waals surface area contributed by atoms with Gasteiger partial charge in [0.15, 0.2) is 5.71 Å². The monoisotopic (exact) mass is 253 g/mol. The lowest BCUT2D eigenvalue weighted by Gasteiger charge is -2.04. The van der Waals surface area contributed by atoms with Crippen LogP contribution in [0.2, 0.25) is 0 Å². The van der Waals surface area contributed by atoms with E-state index in [1.54, 1.807) is 0 Å². The maximum Gasteiger partial charge on any atom is 0.200 e. The van der Waals surface area contributed by atoms with E-state index in [1.165, 1.54) is 11.3 Å². The Bertz CT molecular complexity index is 533. The van der Waals surface area contributed by atoms with E-state index in [4.69, 9.17) is 0 Å². The van der Waals surface area contributed by atoms with Gasteiger partial charge in [0.1, 0.15) is 13.1 Å². The molecule has 0 heterocycles. The van der Waals surface area contributed by atoms with Gasteiger partial charge < -0.3 is 0 Å². The summed E-state index contributed by atoms with van der Waals surface area (Å²) in [6.07, 6.45) is 8.43. The molecule has 1 aliphatic carbocycles. The van der Waals surface area contributed by atoms with Crippen LogP contribution in [0, 0.1) is 6.92 Å². The number of rotatable bonds is 3. The van der Waals surface area contributed by atoms with Gasteiger partial charge in [0, 0.05) is 12.2 Å². The Hall–Kier alpha value is -1.96. The SMILES string of the molecule is CC[N+](CC)=C1C=CC(=Nc2ccc(C)cc2)C=C1. The quantitative estimate of drug-likeness (QED) is 0.577. The zero-order valence-corrected chi connectivity index (χ0v) is 11.9. The van der Waals surface area contributed by atoms with Gasteiger partial charge in [0.2, 0.25) is 0 Å². The van der Waals surface area contributed by atoms with Gasteiger partial charge >= 0.3 is 0 Å². The van der Waals surface area contributed by atoms with Gasteiger partial charge in [0.05, 0.1) is 11.4 Å². The molecule has 2 rings (SSSR count). The van der Waals surface area contributed by atoms with Crippen molar-refractivity contribution < 1.29 is 4.58 Å². The summed E-state index contributed by atoms with van der Waals surface area (Å²) in [6.45, 7) is 8.50. The summed E-state index contributed by atoms with van der Waals surface area (Å²) in [6, 6.07) is 8.27. The van der Waals surface area contributed by atoms with E-state index in [0.717, 1.165) is 24.5 Å². The summed E-state index contributed by atoms with van der Waals surface area (Å²) >= 11 is 0. The minimum Gasteiger partial charge on any atom is -0.249 e. The Labute approximate surface area is 115 Å². The van der Waals surface area contributed by atoms with Crippen LogP contribution in [0.4, 0.5) is 5.69 Å². The molecule has 19 heavy (non-hydrogen) atoms. The van der Waals surface area contributed by atoms with Crippen molar-refractivity contribution in [2.75, 3.05) is 13.1 Å². The number of aryl methyl sites for hydroxylation is 1. The maximum atomic E-state index is 4.62. The van der Waals surface area contributed by atoms with Crippen LogP contribution in [0.3, 0.4) is 0 Å².